The van der Waals surface area contributed by atoms with Gasteiger partial charge in [-0.3, -0.25) is 4.79 Å². The number of ether oxygens (including phenoxy) is 1. The van der Waals surface area contributed by atoms with Crippen molar-refractivity contribution in [3.05, 3.63) is 0 Å². The first-order chi connectivity index (χ1) is 7.56. The summed E-state index contributed by atoms with van der Waals surface area (Å²) in [5.41, 5.74) is 0. The number of esters is 1. The zero-order chi connectivity index (χ0) is 12.0. The first-order valence-electron chi connectivity index (χ1n) is 5.40. The predicted molar refractivity (Wildman–Crippen MR) is 59.5 cm³/mol. The van der Waals surface area contributed by atoms with Crippen LogP contribution in [-0.4, -0.2) is 57.2 Å². The van der Waals surface area contributed by atoms with E-state index >= 15 is 0 Å². The molecule has 1 fully saturated rings. The molecule has 1 heterocycles. The van der Waals surface area contributed by atoms with Gasteiger partial charge < -0.3 is 10.1 Å². The van der Waals surface area contributed by atoms with Crippen molar-refractivity contribution in [3.63, 3.8) is 0 Å². The first-order valence-corrected chi connectivity index (χ1v) is 7.01. The Bertz CT molecular complexity index is 320. The zero-order valence-electron chi connectivity index (χ0n) is 9.44. The minimum Gasteiger partial charge on any atom is -0.465 e. The number of sulfonamides is 1. The van der Waals surface area contributed by atoms with Gasteiger partial charge in [0.25, 0.3) is 0 Å². The number of hydrogen-bond acceptors (Lipinski definition) is 5. The average Bonchev–Trinajstić information content (AvgIpc) is 2.45. The van der Waals surface area contributed by atoms with E-state index in [4.69, 9.17) is 0 Å². The summed E-state index contributed by atoms with van der Waals surface area (Å²) < 4.78 is 29.6. The monoisotopic (exact) mass is 250 g/mol. The van der Waals surface area contributed by atoms with E-state index in [9.17, 15) is 13.2 Å². The average molecular weight is 250 g/mol. The number of hydrogen-bond donors (Lipinski definition) is 1. The van der Waals surface area contributed by atoms with Gasteiger partial charge in [0, 0.05) is 19.6 Å². The van der Waals surface area contributed by atoms with E-state index < -0.39 is 21.7 Å². The predicted octanol–water partition coefficient (Wildman–Crippen LogP) is -0.825. The Morgan fingerprint density at radius 1 is 1.38 bits per heavy atom. The van der Waals surface area contributed by atoms with Crippen molar-refractivity contribution in [1.29, 1.82) is 0 Å². The largest absolute Gasteiger partial charge is 0.465 e. The van der Waals surface area contributed by atoms with Crippen LogP contribution in [-0.2, 0) is 19.6 Å². The third-order valence-electron chi connectivity index (χ3n) is 2.30. The minimum absolute atomic E-state index is 0.204. The van der Waals surface area contributed by atoms with E-state index in [-0.39, 0.29) is 6.61 Å². The van der Waals surface area contributed by atoms with Crippen LogP contribution in [0.5, 0.6) is 0 Å². The van der Waals surface area contributed by atoms with Crippen molar-refractivity contribution in [1.82, 2.24) is 9.62 Å². The molecule has 0 atom stereocenters. The molecule has 0 radical (unpaired) electrons. The topological polar surface area (TPSA) is 75.7 Å². The lowest BCUT2D eigenvalue weighted by Gasteiger charge is -2.18. The van der Waals surface area contributed by atoms with Gasteiger partial charge in [-0.25, -0.2) is 12.7 Å². The van der Waals surface area contributed by atoms with E-state index in [0.29, 0.717) is 19.6 Å². The van der Waals surface area contributed by atoms with Crippen LogP contribution >= 0.6 is 0 Å². The lowest BCUT2D eigenvalue weighted by atomic mass is 10.4. The second kappa shape index (κ2) is 6.17. The summed E-state index contributed by atoms with van der Waals surface area (Å²) in [6.07, 6.45) is 0.766. The molecule has 1 rings (SSSR count). The normalized spacial score (nSPS) is 19.1. The van der Waals surface area contributed by atoms with Gasteiger partial charge in [-0.2, -0.15) is 0 Å². The molecule has 1 aliphatic rings. The number of carbonyl (C=O) groups is 1. The fourth-order valence-electron chi connectivity index (χ4n) is 1.54. The Hall–Kier alpha value is -0.660. The molecule has 1 saturated heterocycles. The third kappa shape index (κ3) is 4.07. The highest BCUT2D eigenvalue weighted by molar-refractivity contribution is 7.89. The van der Waals surface area contributed by atoms with Gasteiger partial charge in [-0.05, 0) is 19.9 Å². The van der Waals surface area contributed by atoms with Gasteiger partial charge in [0.2, 0.25) is 10.0 Å². The van der Waals surface area contributed by atoms with Crippen LogP contribution < -0.4 is 5.32 Å². The van der Waals surface area contributed by atoms with Gasteiger partial charge in [0.15, 0.2) is 5.75 Å². The first kappa shape index (κ1) is 13.4. The molecule has 0 aromatic heterocycles. The SMILES string of the molecule is CCOC(=O)CS(=O)(=O)N1CCCNCC1. The molecule has 0 unspecified atom stereocenters. The molecule has 6 nitrogen and oxygen atoms in total. The molecule has 94 valence electrons. The van der Waals surface area contributed by atoms with Crippen molar-refractivity contribution in [2.24, 2.45) is 0 Å². The van der Waals surface area contributed by atoms with Gasteiger partial charge in [0.05, 0.1) is 6.61 Å². The van der Waals surface area contributed by atoms with Crippen LogP contribution in [0.25, 0.3) is 0 Å². The summed E-state index contributed by atoms with van der Waals surface area (Å²) in [5, 5.41) is 3.11. The molecule has 0 amide bonds. The van der Waals surface area contributed by atoms with Gasteiger partial charge in [-0.15, -0.1) is 0 Å². The van der Waals surface area contributed by atoms with E-state index in [1.807, 2.05) is 0 Å². The highest BCUT2D eigenvalue weighted by Crippen LogP contribution is 2.05. The van der Waals surface area contributed by atoms with E-state index in [2.05, 4.69) is 10.1 Å². The van der Waals surface area contributed by atoms with Crippen molar-refractivity contribution in [3.8, 4) is 0 Å². The van der Waals surface area contributed by atoms with Crippen molar-refractivity contribution in [2.75, 3.05) is 38.5 Å². The molecular weight excluding hydrogens is 232 g/mol. The number of carbonyl (C=O) groups excluding carboxylic acids is 1. The maximum absolute atomic E-state index is 11.8. The molecule has 0 bridgehead atoms. The molecular formula is C9H18N2O4S. The molecule has 16 heavy (non-hydrogen) atoms. The summed E-state index contributed by atoms with van der Waals surface area (Å²) >= 11 is 0. The fraction of sp³-hybridized carbons (Fsp3) is 0.889. The molecule has 1 N–H and O–H groups in total. The maximum Gasteiger partial charge on any atom is 0.322 e. The van der Waals surface area contributed by atoms with Gasteiger partial charge >= 0.3 is 5.97 Å². The van der Waals surface area contributed by atoms with Crippen LogP contribution in [0.2, 0.25) is 0 Å². The van der Waals surface area contributed by atoms with Crippen LogP contribution in [0, 0.1) is 0 Å². The van der Waals surface area contributed by atoms with Gasteiger partial charge in [0.1, 0.15) is 0 Å². The smallest absolute Gasteiger partial charge is 0.322 e. The van der Waals surface area contributed by atoms with E-state index in [1.165, 1.54) is 4.31 Å². The number of nitrogens with one attached hydrogen (secondary N) is 1. The quantitative estimate of drug-likeness (QED) is 0.659. The lowest BCUT2D eigenvalue weighted by molar-refractivity contribution is -0.140. The Balaban J connectivity index is 2.57. The summed E-state index contributed by atoms with van der Waals surface area (Å²) in [6, 6.07) is 0. The zero-order valence-corrected chi connectivity index (χ0v) is 10.3. The highest BCUT2D eigenvalue weighted by atomic mass is 32.2. The van der Waals surface area contributed by atoms with Crippen LogP contribution in [0.3, 0.4) is 0 Å². The highest BCUT2D eigenvalue weighted by Gasteiger charge is 2.26. The minimum atomic E-state index is -3.51. The van der Waals surface area contributed by atoms with E-state index in [0.717, 1.165) is 13.0 Å². The summed E-state index contributed by atoms with van der Waals surface area (Å²) in [6.45, 7) is 4.18. The van der Waals surface area contributed by atoms with Crippen LogP contribution in [0.4, 0.5) is 0 Å². The molecule has 0 aliphatic carbocycles. The molecule has 7 heteroatoms. The van der Waals surface area contributed by atoms with Gasteiger partial charge in [-0.1, -0.05) is 0 Å². The van der Waals surface area contributed by atoms with Crippen molar-refractivity contribution >= 4 is 16.0 Å². The van der Waals surface area contributed by atoms with Crippen LogP contribution in [0.15, 0.2) is 0 Å². The molecule has 0 aromatic rings. The molecule has 0 saturated carbocycles. The van der Waals surface area contributed by atoms with Crippen molar-refractivity contribution in [2.45, 2.75) is 13.3 Å². The standard InChI is InChI=1S/C9H18N2O4S/c1-2-15-9(12)8-16(13,14)11-6-3-4-10-5-7-11/h10H,2-8H2,1H3. The third-order valence-corrected chi connectivity index (χ3v) is 4.05. The fourth-order valence-corrected chi connectivity index (χ4v) is 2.88. The Kier molecular flexibility index (Phi) is 5.17. The number of nitrogens with zero attached hydrogens (tertiary/aromatic N) is 1. The maximum atomic E-state index is 11.8. The second-order valence-corrected chi connectivity index (χ2v) is 5.53. The lowest BCUT2D eigenvalue weighted by Crippen LogP contribution is -2.38. The summed E-state index contributed by atoms with van der Waals surface area (Å²) in [5.74, 6) is -1.24. The van der Waals surface area contributed by atoms with E-state index in [1.54, 1.807) is 6.92 Å². The molecule has 0 spiro atoms. The summed E-state index contributed by atoms with van der Waals surface area (Å²) in [7, 11) is -3.51. The second-order valence-electron chi connectivity index (χ2n) is 3.56. The Morgan fingerprint density at radius 2 is 2.12 bits per heavy atom. The van der Waals surface area contributed by atoms with Crippen molar-refractivity contribution < 1.29 is 17.9 Å². The molecule has 1 aliphatic heterocycles. The number of rotatable bonds is 4. The Labute approximate surface area is 96.0 Å². The Morgan fingerprint density at radius 3 is 2.81 bits per heavy atom. The summed E-state index contributed by atoms with van der Waals surface area (Å²) in [4.78, 5) is 11.1. The van der Waals surface area contributed by atoms with Crippen LogP contribution in [0.1, 0.15) is 13.3 Å². The molecule has 0 aromatic carbocycles.